The molecule has 3 heterocycles. The summed E-state index contributed by atoms with van der Waals surface area (Å²) in [4.78, 5) is 18.0. The Labute approximate surface area is 201 Å². The number of furan rings is 1. The molecule has 1 aliphatic rings. The van der Waals surface area contributed by atoms with Crippen LogP contribution in [0.15, 0.2) is 89.5 Å². The molecule has 5 rings (SSSR count). The topological polar surface area (TPSA) is 67.6 Å². The van der Waals surface area contributed by atoms with Crippen molar-refractivity contribution in [3.8, 4) is 11.3 Å². The lowest BCUT2D eigenvalue weighted by atomic mass is 10.0. The van der Waals surface area contributed by atoms with Gasteiger partial charge in [-0.25, -0.2) is 9.18 Å². The number of esters is 1. The second-order valence-corrected chi connectivity index (χ2v) is 8.11. The van der Waals surface area contributed by atoms with Gasteiger partial charge in [0.25, 0.3) is 0 Å². The van der Waals surface area contributed by atoms with Crippen LogP contribution in [0.25, 0.3) is 11.3 Å². The minimum Gasteiger partial charge on any atom is -0.465 e. The number of rotatable bonds is 5. The first-order valence-electron chi connectivity index (χ1n) is 10.6. The van der Waals surface area contributed by atoms with Gasteiger partial charge in [-0.15, -0.1) is 0 Å². The van der Waals surface area contributed by atoms with Crippen LogP contribution in [0.4, 0.5) is 10.1 Å². The fourth-order valence-corrected chi connectivity index (χ4v) is 4.44. The first kappa shape index (κ1) is 21.8. The van der Waals surface area contributed by atoms with Gasteiger partial charge in [0.1, 0.15) is 23.4 Å². The number of aromatic nitrogens is 1. The standard InChI is InChI=1S/C26H20FN3O3S/c1-32-25(31)17-11-9-16(10-12-17)21-13-14-22(33-21)24-23(19-7-4-5-15-28-19)29-26(34)30(24)20-8-3-2-6-18(20)27/h2-15,23-24H,1H3,(H,29,34)/t23-,24-/m1/s1. The lowest BCUT2D eigenvalue weighted by Gasteiger charge is -2.26. The summed E-state index contributed by atoms with van der Waals surface area (Å²) in [6.45, 7) is 0. The highest BCUT2D eigenvalue weighted by molar-refractivity contribution is 7.80. The zero-order chi connectivity index (χ0) is 23.7. The van der Waals surface area contributed by atoms with Crippen LogP contribution in [-0.4, -0.2) is 23.2 Å². The van der Waals surface area contributed by atoms with E-state index < -0.39 is 12.0 Å². The summed E-state index contributed by atoms with van der Waals surface area (Å²) in [5, 5.41) is 3.67. The molecule has 1 fully saturated rings. The SMILES string of the molecule is COC(=O)c1ccc(-c2ccc([C@@H]3[C@@H](c4ccccn4)NC(=S)N3c3ccccc3F)o2)cc1. The molecule has 2 aromatic heterocycles. The number of nitrogens with zero attached hydrogens (tertiary/aromatic N) is 2. The van der Waals surface area contributed by atoms with Gasteiger partial charge in [-0.2, -0.15) is 0 Å². The number of thiocarbonyl (C=S) groups is 1. The Balaban J connectivity index is 1.56. The number of ether oxygens (including phenoxy) is 1. The number of nitrogens with one attached hydrogen (secondary N) is 1. The van der Waals surface area contributed by atoms with Crippen LogP contribution in [0, 0.1) is 5.82 Å². The maximum atomic E-state index is 14.8. The third kappa shape index (κ3) is 3.92. The maximum Gasteiger partial charge on any atom is 0.337 e. The molecule has 34 heavy (non-hydrogen) atoms. The van der Waals surface area contributed by atoms with Gasteiger partial charge in [0.05, 0.1) is 30.1 Å². The first-order valence-corrected chi connectivity index (χ1v) is 11.0. The number of anilines is 1. The summed E-state index contributed by atoms with van der Waals surface area (Å²) in [6, 6.07) is 21.9. The highest BCUT2D eigenvalue weighted by atomic mass is 32.1. The molecule has 0 radical (unpaired) electrons. The molecular formula is C26H20FN3O3S. The number of pyridine rings is 1. The van der Waals surface area contributed by atoms with Crippen molar-refractivity contribution in [2.24, 2.45) is 0 Å². The van der Waals surface area contributed by atoms with Gasteiger partial charge in [0, 0.05) is 11.8 Å². The van der Waals surface area contributed by atoms with Crippen molar-refractivity contribution in [2.45, 2.75) is 12.1 Å². The molecule has 1 saturated heterocycles. The number of hydrogen-bond acceptors (Lipinski definition) is 5. The molecule has 1 aliphatic heterocycles. The fraction of sp³-hybridized carbons (Fsp3) is 0.115. The molecular weight excluding hydrogens is 453 g/mol. The van der Waals surface area contributed by atoms with Gasteiger partial charge in [-0.1, -0.05) is 30.3 Å². The van der Waals surface area contributed by atoms with Crippen LogP contribution in [0.3, 0.4) is 0 Å². The third-order valence-corrected chi connectivity index (χ3v) is 6.03. The molecule has 0 amide bonds. The smallest absolute Gasteiger partial charge is 0.337 e. The Kier molecular flexibility index (Phi) is 5.81. The Morgan fingerprint density at radius 3 is 2.53 bits per heavy atom. The summed E-state index contributed by atoms with van der Waals surface area (Å²) < 4.78 is 25.8. The van der Waals surface area contributed by atoms with E-state index in [0.717, 1.165) is 11.3 Å². The summed E-state index contributed by atoms with van der Waals surface area (Å²) in [6.07, 6.45) is 1.71. The number of halogens is 1. The van der Waals surface area contributed by atoms with Crippen molar-refractivity contribution in [1.82, 2.24) is 10.3 Å². The van der Waals surface area contributed by atoms with E-state index in [1.165, 1.54) is 13.2 Å². The molecule has 0 spiro atoms. The Bertz CT molecular complexity index is 1340. The van der Waals surface area contributed by atoms with E-state index in [0.29, 0.717) is 27.9 Å². The minimum absolute atomic E-state index is 0.351. The molecule has 2 aromatic carbocycles. The molecule has 0 saturated carbocycles. The second-order valence-electron chi connectivity index (χ2n) is 7.72. The van der Waals surface area contributed by atoms with E-state index in [1.807, 2.05) is 30.3 Å². The molecule has 8 heteroatoms. The number of carbonyl (C=O) groups is 1. The summed E-state index contributed by atoms with van der Waals surface area (Å²) in [5.74, 6) is 0.412. The van der Waals surface area contributed by atoms with Crippen LogP contribution >= 0.6 is 12.2 Å². The van der Waals surface area contributed by atoms with Crippen molar-refractivity contribution in [3.05, 3.63) is 108 Å². The fourth-order valence-electron chi connectivity index (χ4n) is 4.11. The van der Waals surface area contributed by atoms with Gasteiger partial charge < -0.3 is 19.4 Å². The molecule has 0 unspecified atom stereocenters. The maximum absolute atomic E-state index is 14.8. The minimum atomic E-state index is -0.470. The molecule has 4 aromatic rings. The van der Waals surface area contributed by atoms with Gasteiger partial charge in [0.2, 0.25) is 0 Å². The molecule has 0 aliphatic carbocycles. The van der Waals surface area contributed by atoms with E-state index in [4.69, 9.17) is 21.4 Å². The number of methoxy groups -OCH3 is 1. The quantitative estimate of drug-likeness (QED) is 0.306. The largest absolute Gasteiger partial charge is 0.465 e. The Morgan fingerprint density at radius 2 is 1.82 bits per heavy atom. The molecule has 170 valence electrons. The Morgan fingerprint density at radius 1 is 1.06 bits per heavy atom. The molecule has 6 nitrogen and oxygen atoms in total. The predicted molar refractivity (Wildman–Crippen MR) is 130 cm³/mol. The first-order chi connectivity index (χ1) is 16.6. The van der Waals surface area contributed by atoms with Crippen molar-refractivity contribution >= 4 is 29.0 Å². The normalized spacial score (nSPS) is 17.5. The number of benzene rings is 2. The number of hydrogen-bond donors (Lipinski definition) is 1. The van der Waals surface area contributed by atoms with E-state index in [2.05, 4.69) is 10.3 Å². The summed E-state index contributed by atoms with van der Waals surface area (Å²) in [7, 11) is 1.34. The van der Waals surface area contributed by atoms with Gasteiger partial charge >= 0.3 is 5.97 Å². The average molecular weight is 474 g/mol. The summed E-state index contributed by atoms with van der Waals surface area (Å²) >= 11 is 5.62. The van der Waals surface area contributed by atoms with Crippen LogP contribution in [-0.2, 0) is 4.74 Å². The monoisotopic (exact) mass is 473 g/mol. The van der Waals surface area contributed by atoms with Gasteiger partial charge in [-0.05, 0) is 60.7 Å². The zero-order valence-corrected chi connectivity index (χ0v) is 19.0. The van der Waals surface area contributed by atoms with Crippen molar-refractivity contribution < 1.29 is 18.3 Å². The lowest BCUT2D eigenvalue weighted by Crippen LogP contribution is -2.30. The molecule has 2 atom stereocenters. The van der Waals surface area contributed by atoms with E-state index in [9.17, 15) is 9.18 Å². The van der Waals surface area contributed by atoms with Gasteiger partial charge in [0.15, 0.2) is 5.11 Å². The van der Waals surface area contributed by atoms with Crippen molar-refractivity contribution in [3.63, 3.8) is 0 Å². The average Bonchev–Trinajstić information content (AvgIpc) is 3.49. The summed E-state index contributed by atoms with van der Waals surface area (Å²) in [5.41, 5.74) is 2.35. The highest BCUT2D eigenvalue weighted by Crippen LogP contribution is 2.43. The molecule has 1 N–H and O–H groups in total. The van der Waals surface area contributed by atoms with E-state index in [-0.39, 0.29) is 11.9 Å². The lowest BCUT2D eigenvalue weighted by molar-refractivity contribution is 0.0600. The van der Waals surface area contributed by atoms with E-state index in [1.54, 1.807) is 53.6 Å². The predicted octanol–water partition coefficient (Wildman–Crippen LogP) is 5.44. The number of para-hydroxylation sites is 1. The molecule has 0 bridgehead atoms. The Hall–Kier alpha value is -4.04. The van der Waals surface area contributed by atoms with Crippen LogP contribution in [0.2, 0.25) is 0 Å². The van der Waals surface area contributed by atoms with Crippen LogP contribution < -0.4 is 10.2 Å². The van der Waals surface area contributed by atoms with E-state index >= 15 is 0 Å². The zero-order valence-electron chi connectivity index (χ0n) is 18.1. The number of carbonyl (C=O) groups excluding carboxylic acids is 1. The second kappa shape index (κ2) is 9.07. The van der Waals surface area contributed by atoms with Crippen LogP contribution in [0.5, 0.6) is 0 Å². The van der Waals surface area contributed by atoms with Crippen LogP contribution in [0.1, 0.15) is 33.9 Å². The third-order valence-electron chi connectivity index (χ3n) is 5.72. The van der Waals surface area contributed by atoms with Gasteiger partial charge in [-0.3, -0.25) is 4.98 Å². The highest BCUT2D eigenvalue weighted by Gasteiger charge is 2.43. The van der Waals surface area contributed by atoms with Crippen molar-refractivity contribution in [2.75, 3.05) is 12.0 Å². The van der Waals surface area contributed by atoms with Crippen molar-refractivity contribution in [1.29, 1.82) is 0 Å².